The van der Waals surface area contributed by atoms with Crippen molar-refractivity contribution in [3.05, 3.63) is 58.7 Å². The zero-order valence-corrected chi connectivity index (χ0v) is 14.4. The first-order valence-corrected chi connectivity index (χ1v) is 8.51. The van der Waals surface area contributed by atoms with Crippen molar-refractivity contribution in [3.8, 4) is 0 Å². The number of likely N-dealkylation sites (tertiary alicyclic amines) is 1. The van der Waals surface area contributed by atoms with E-state index in [0.717, 1.165) is 17.8 Å². The molecular formula is C19H24N4O. The van der Waals surface area contributed by atoms with Gasteiger partial charge in [-0.05, 0) is 57.0 Å². The molecule has 1 aromatic carbocycles. The van der Waals surface area contributed by atoms with Crippen LogP contribution in [0.25, 0.3) is 0 Å². The fourth-order valence-corrected chi connectivity index (χ4v) is 3.07. The fourth-order valence-electron chi connectivity index (χ4n) is 3.07. The van der Waals surface area contributed by atoms with E-state index in [2.05, 4.69) is 44.5 Å². The van der Waals surface area contributed by atoms with Gasteiger partial charge in [0.25, 0.3) is 5.91 Å². The van der Waals surface area contributed by atoms with E-state index in [1.165, 1.54) is 31.5 Å². The van der Waals surface area contributed by atoms with Crippen LogP contribution < -0.4 is 5.32 Å². The SMILES string of the molecule is Cc1cc(C(=O)NCc2ccc(CN3CCCC3)cc2)nc(C)n1. The van der Waals surface area contributed by atoms with Crippen LogP contribution in [0.2, 0.25) is 0 Å². The van der Waals surface area contributed by atoms with Crippen molar-refractivity contribution in [3.63, 3.8) is 0 Å². The van der Waals surface area contributed by atoms with Crippen molar-refractivity contribution in [1.82, 2.24) is 20.2 Å². The summed E-state index contributed by atoms with van der Waals surface area (Å²) >= 11 is 0. The first-order chi connectivity index (χ1) is 11.6. The Kier molecular flexibility index (Phi) is 5.20. The Morgan fingerprint density at radius 3 is 2.42 bits per heavy atom. The van der Waals surface area contributed by atoms with Crippen LogP contribution in [0.5, 0.6) is 0 Å². The van der Waals surface area contributed by atoms with Gasteiger partial charge in [0.05, 0.1) is 0 Å². The zero-order chi connectivity index (χ0) is 16.9. The van der Waals surface area contributed by atoms with Crippen LogP contribution in [0.4, 0.5) is 0 Å². The molecule has 1 aliphatic heterocycles. The highest BCUT2D eigenvalue weighted by molar-refractivity contribution is 5.92. The van der Waals surface area contributed by atoms with Gasteiger partial charge in [-0.1, -0.05) is 24.3 Å². The minimum Gasteiger partial charge on any atom is -0.347 e. The highest BCUT2D eigenvalue weighted by Gasteiger charge is 2.12. The number of carbonyl (C=O) groups excluding carboxylic acids is 1. The molecule has 5 nitrogen and oxygen atoms in total. The summed E-state index contributed by atoms with van der Waals surface area (Å²) in [5.41, 5.74) is 3.65. The summed E-state index contributed by atoms with van der Waals surface area (Å²) in [5.74, 6) is 0.455. The van der Waals surface area contributed by atoms with Crippen LogP contribution in [-0.4, -0.2) is 33.9 Å². The zero-order valence-electron chi connectivity index (χ0n) is 14.4. The number of nitrogens with zero attached hydrogens (tertiary/aromatic N) is 3. The maximum atomic E-state index is 12.2. The summed E-state index contributed by atoms with van der Waals surface area (Å²) in [6, 6.07) is 10.2. The molecule has 1 amide bonds. The van der Waals surface area contributed by atoms with E-state index in [0.29, 0.717) is 18.1 Å². The predicted octanol–water partition coefficient (Wildman–Crippen LogP) is 2.62. The highest BCUT2D eigenvalue weighted by atomic mass is 16.1. The fraction of sp³-hybridized carbons (Fsp3) is 0.421. The van der Waals surface area contributed by atoms with Crippen molar-refractivity contribution in [1.29, 1.82) is 0 Å². The molecule has 5 heteroatoms. The average Bonchev–Trinajstić information content (AvgIpc) is 3.06. The predicted molar refractivity (Wildman–Crippen MR) is 93.6 cm³/mol. The lowest BCUT2D eigenvalue weighted by Crippen LogP contribution is -2.24. The second-order valence-corrected chi connectivity index (χ2v) is 6.42. The number of aromatic nitrogens is 2. The monoisotopic (exact) mass is 324 g/mol. The number of rotatable bonds is 5. The van der Waals surface area contributed by atoms with Gasteiger partial charge < -0.3 is 5.32 Å². The summed E-state index contributed by atoms with van der Waals surface area (Å²) in [5, 5.41) is 2.92. The van der Waals surface area contributed by atoms with Gasteiger partial charge in [-0.2, -0.15) is 0 Å². The molecule has 0 atom stereocenters. The lowest BCUT2D eigenvalue weighted by Gasteiger charge is -2.14. The quantitative estimate of drug-likeness (QED) is 0.918. The average molecular weight is 324 g/mol. The van der Waals surface area contributed by atoms with Crippen LogP contribution in [0.1, 0.15) is 46.0 Å². The molecule has 1 fully saturated rings. The molecule has 1 aliphatic rings. The van der Waals surface area contributed by atoms with E-state index in [1.54, 1.807) is 13.0 Å². The van der Waals surface area contributed by atoms with Crippen LogP contribution in [0.3, 0.4) is 0 Å². The normalized spacial score (nSPS) is 14.8. The number of hydrogen-bond acceptors (Lipinski definition) is 4. The Labute approximate surface area is 143 Å². The number of carbonyl (C=O) groups is 1. The molecule has 1 N–H and O–H groups in total. The third kappa shape index (κ3) is 4.38. The number of amides is 1. The molecule has 126 valence electrons. The Morgan fingerprint density at radius 1 is 1.08 bits per heavy atom. The molecule has 1 aromatic heterocycles. The Hall–Kier alpha value is -2.27. The first kappa shape index (κ1) is 16.6. The number of hydrogen-bond donors (Lipinski definition) is 1. The lowest BCUT2D eigenvalue weighted by molar-refractivity contribution is 0.0945. The molecule has 1 saturated heterocycles. The second-order valence-electron chi connectivity index (χ2n) is 6.42. The molecule has 0 saturated carbocycles. The van der Waals surface area contributed by atoms with E-state index in [4.69, 9.17) is 0 Å². The number of aryl methyl sites for hydroxylation is 2. The molecule has 0 unspecified atom stereocenters. The van der Waals surface area contributed by atoms with Gasteiger partial charge >= 0.3 is 0 Å². The minimum atomic E-state index is -0.162. The highest BCUT2D eigenvalue weighted by Crippen LogP contribution is 2.13. The van der Waals surface area contributed by atoms with Gasteiger partial charge in [-0.15, -0.1) is 0 Å². The van der Waals surface area contributed by atoms with Crippen molar-refractivity contribution in [2.45, 2.75) is 39.8 Å². The van der Waals surface area contributed by atoms with Crippen LogP contribution >= 0.6 is 0 Å². The van der Waals surface area contributed by atoms with Crippen LogP contribution in [0.15, 0.2) is 30.3 Å². The van der Waals surface area contributed by atoms with E-state index < -0.39 is 0 Å². The van der Waals surface area contributed by atoms with Gasteiger partial charge in [-0.25, -0.2) is 9.97 Å². The van der Waals surface area contributed by atoms with Crippen molar-refractivity contribution in [2.24, 2.45) is 0 Å². The summed E-state index contributed by atoms with van der Waals surface area (Å²) in [7, 11) is 0. The molecule has 2 aromatic rings. The van der Waals surface area contributed by atoms with Crippen molar-refractivity contribution >= 4 is 5.91 Å². The number of benzene rings is 1. The maximum Gasteiger partial charge on any atom is 0.270 e. The van der Waals surface area contributed by atoms with Gasteiger partial charge in [0.15, 0.2) is 0 Å². The largest absolute Gasteiger partial charge is 0.347 e. The first-order valence-electron chi connectivity index (χ1n) is 8.51. The summed E-state index contributed by atoms with van der Waals surface area (Å²) in [6.45, 7) is 7.59. The molecule has 3 rings (SSSR count). The molecule has 0 bridgehead atoms. The lowest BCUT2D eigenvalue weighted by atomic mass is 10.1. The molecule has 2 heterocycles. The van der Waals surface area contributed by atoms with Gasteiger partial charge in [-0.3, -0.25) is 9.69 Å². The Morgan fingerprint density at radius 2 is 1.75 bits per heavy atom. The third-order valence-electron chi connectivity index (χ3n) is 4.28. The number of nitrogens with one attached hydrogen (secondary N) is 1. The summed E-state index contributed by atoms with van der Waals surface area (Å²) in [4.78, 5) is 23.1. The Bertz CT molecular complexity index is 686. The Balaban J connectivity index is 1.55. The molecule has 24 heavy (non-hydrogen) atoms. The van der Waals surface area contributed by atoms with Crippen molar-refractivity contribution < 1.29 is 4.79 Å². The summed E-state index contributed by atoms with van der Waals surface area (Å²) < 4.78 is 0. The second kappa shape index (κ2) is 7.53. The standard InChI is InChI=1S/C19H24N4O/c1-14-11-18(22-15(2)21-14)19(24)20-12-16-5-7-17(8-6-16)13-23-9-3-4-10-23/h5-8,11H,3-4,9-10,12-13H2,1-2H3,(H,20,24). The minimum absolute atomic E-state index is 0.162. The van der Waals surface area contributed by atoms with Crippen LogP contribution in [-0.2, 0) is 13.1 Å². The smallest absolute Gasteiger partial charge is 0.270 e. The molecular weight excluding hydrogens is 300 g/mol. The maximum absolute atomic E-state index is 12.2. The summed E-state index contributed by atoms with van der Waals surface area (Å²) in [6.07, 6.45) is 2.62. The van der Waals surface area contributed by atoms with E-state index in [9.17, 15) is 4.79 Å². The molecule has 0 aliphatic carbocycles. The van der Waals surface area contributed by atoms with Crippen molar-refractivity contribution in [2.75, 3.05) is 13.1 Å². The topological polar surface area (TPSA) is 58.1 Å². The molecule has 0 spiro atoms. The van der Waals surface area contributed by atoms with E-state index in [-0.39, 0.29) is 5.91 Å². The van der Waals surface area contributed by atoms with Crippen LogP contribution in [0, 0.1) is 13.8 Å². The van der Waals surface area contributed by atoms with Gasteiger partial charge in [0, 0.05) is 18.8 Å². The van der Waals surface area contributed by atoms with E-state index >= 15 is 0 Å². The van der Waals surface area contributed by atoms with Gasteiger partial charge in [0.1, 0.15) is 11.5 Å². The van der Waals surface area contributed by atoms with Gasteiger partial charge in [0.2, 0.25) is 0 Å². The van der Waals surface area contributed by atoms with E-state index in [1.807, 2.05) is 6.92 Å². The molecule has 0 radical (unpaired) electrons. The third-order valence-corrected chi connectivity index (χ3v) is 4.28.